The molecule has 32 heavy (non-hydrogen) atoms. The van der Waals surface area contributed by atoms with Crippen molar-refractivity contribution in [1.29, 1.82) is 0 Å². The van der Waals surface area contributed by atoms with Crippen LogP contribution in [0.5, 0.6) is 0 Å². The lowest BCUT2D eigenvalue weighted by Gasteiger charge is -2.23. The van der Waals surface area contributed by atoms with E-state index < -0.39 is 52.7 Å². The van der Waals surface area contributed by atoms with Crippen molar-refractivity contribution in [3.05, 3.63) is 35.6 Å². The number of carbonyl (C=O) groups excluding carboxylic acids is 1. The van der Waals surface area contributed by atoms with Crippen molar-refractivity contribution >= 4 is 40.4 Å². The van der Waals surface area contributed by atoms with E-state index in [1.807, 2.05) is 0 Å². The van der Waals surface area contributed by atoms with Gasteiger partial charge in [0, 0.05) is 29.2 Å². The van der Waals surface area contributed by atoms with Gasteiger partial charge in [0.15, 0.2) is 11.6 Å². The smallest absolute Gasteiger partial charge is 0.390 e. The van der Waals surface area contributed by atoms with Crippen LogP contribution in [-0.2, 0) is 20.3 Å². The Kier molecular flexibility index (Phi) is 9.13. The van der Waals surface area contributed by atoms with E-state index in [1.54, 1.807) is 6.92 Å². The summed E-state index contributed by atoms with van der Waals surface area (Å²) in [6.07, 6.45) is -1.04. The van der Waals surface area contributed by atoms with Gasteiger partial charge in [-0.2, -0.15) is 18.3 Å². The minimum Gasteiger partial charge on any atom is -0.487 e. The molecule has 176 valence electrons. The molecule has 0 bridgehead atoms. The zero-order valence-corrected chi connectivity index (χ0v) is 18.6. The molecule has 2 heterocycles. The van der Waals surface area contributed by atoms with Crippen LogP contribution in [0, 0.1) is 5.82 Å². The van der Waals surface area contributed by atoms with Crippen LogP contribution < -0.4 is 4.90 Å². The predicted octanol–water partition coefficient (Wildman–Crippen LogP) is 3.16. The monoisotopic (exact) mass is 497 g/mol. The second-order valence-electron chi connectivity index (χ2n) is 6.38. The highest BCUT2D eigenvalue weighted by molar-refractivity contribution is 7.85. The van der Waals surface area contributed by atoms with Gasteiger partial charge in [0.25, 0.3) is 5.91 Å². The lowest BCUT2D eigenvalue weighted by atomic mass is 10.2. The topological polar surface area (TPSA) is 89.7 Å². The fraction of sp³-hybridized carbons (Fsp3) is 0.444. The SMILES string of the molecule is CCN(C(=O)C(CS(=O)CCC(F)(F)F)N=COC)c1cn(-c2cncc(F)c2)nc1Cl. The van der Waals surface area contributed by atoms with Crippen molar-refractivity contribution in [3.63, 3.8) is 0 Å². The quantitative estimate of drug-likeness (QED) is 0.286. The molecular weight excluding hydrogens is 478 g/mol. The van der Waals surface area contributed by atoms with Crippen molar-refractivity contribution in [2.24, 2.45) is 4.99 Å². The van der Waals surface area contributed by atoms with E-state index >= 15 is 0 Å². The van der Waals surface area contributed by atoms with Crippen molar-refractivity contribution < 1.29 is 31.3 Å². The third-order valence-electron chi connectivity index (χ3n) is 4.07. The summed E-state index contributed by atoms with van der Waals surface area (Å²) in [6.45, 7) is 1.73. The summed E-state index contributed by atoms with van der Waals surface area (Å²) in [7, 11) is -0.694. The molecule has 0 saturated heterocycles. The number of carbonyl (C=O) groups is 1. The number of alkyl halides is 3. The first-order valence-corrected chi connectivity index (χ1v) is 11.1. The number of nitrogens with zero attached hydrogens (tertiary/aromatic N) is 5. The van der Waals surface area contributed by atoms with Gasteiger partial charge in [0.1, 0.15) is 17.5 Å². The molecule has 2 atom stereocenters. The Hall–Kier alpha value is -2.54. The molecule has 2 aromatic rings. The molecule has 2 rings (SSSR count). The van der Waals surface area contributed by atoms with Crippen molar-refractivity contribution in [2.75, 3.05) is 30.1 Å². The number of ether oxygens (including phenoxy) is 1. The first-order valence-electron chi connectivity index (χ1n) is 9.19. The molecule has 8 nitrogen and oxygen atoms in total. The molecular formula is C18H20ClF4N5O3S. The molecule has 1 amide bonds. The largest absolute Gasteiger partial charge is 0.487 e. The highest BCUT2D eigenvalue weighted by Gasteiger charge is 2.31. The first-order chi connectivity index (χ1) is 15.1. The number of hydrogen-bond acceptors (Lipinski definition) is 6. The van der Waals surface area contributed by atoms with Crippen molar-refractivity contribution in [1.82, 2.24) is 14.8 Å². The van der Waals surface area contributed by atoms with Crippen LogP contribution in [0.15, 0.2) is 29.6 Å². The van der Waals surface area contributed by atoms with Crippen LogP contribution in [0.25, 0.3) is 5.69 Å². The van der Waals surface area contributed by atoms with E-state index in [0.717, 1.165) is 18.7 Å². The van der Waals surface area contributed by atoms with E-state index in [9.17, 15) is 26.6 Å². The summed E-state index contributed by atoms with van der Waals surface area (Å²) in [5.41, 5.74) is 0.408. The summed E-state index contributed by atoms with van der Waals surface area (Å²) < 4.78 is 68.8. The lowest BCUT2D eigenvalue weighted by molar-refractivity contribution is -0.129. The van der Waals surface area contributed by atoms with Gasteiger partial charge >= 0.3 is 6.18 Å². The number of hydrogen-bond donors (Lipinski definition) is 0. The standard InChI is InChI=1S/C18H20ClF4N5O3S/c1-3-27(15-9-28(26-16(15)19)13-6-12(20)7-24-8-13)17(29)14(25-11-31-2)10-32(30)5-4-18(21,22)23/h6-9,11,14H,3-5,10H2,1-2H3. The Bertz CT molecular complexity index is 986. The van der Waals surface area contributed by atoms with Gasteiger partial charge in [-0.25, -0.2) is 14.1 Å². The third kappa shape index (κ3) is 7.26. The number of amides is 1. The number of anilines is 1. The summed E-state index contributed by atoms with van der Waals surface area (Å²) >= 11 is 6.18. The van der Waals surface area contributed by atoms with Crippen LogP contribution in [0.1, 0.15) is 13.3 Å². The highest BCUT2D eigenvalue weighted by Crippen LogP contribution is 2.27. The number of methoxy groups -OCH3 is 1. The normalized spacial score (nSPS) is 13.8. The first kappa shape index (κ1) is 25.7. The molecule has 2 aromatic heterocycles. The summed E-state index contributed by atoms with van der Waals surface area (Å²) in [6, 6.07) is -0.118. The van der Waals surface area contributed by atoms with Crippen LogP contribution in [0.3, 0.4) is 0 Å². The molecule has 0 fully saturated rings. The van der Waals surface area contributed by atoms with Crippen LogP contribution in [0.2, 0.25) is 5.15 Å². The number of halogens is 5. The summed E-state index contributed by atoms with van der Waals surface area (Å²) in [5, 5.41) is 3.96. The van der Waals surface area contributed by atoms with Crippen LogP contribution >= 0.6 is 11.6 Å². The predicted molar refractivity (Wildman–Crippen MR) is 112 cm³/mol. The Morgan fingerprint density at radius 3 is 2.75 bits per heavy atom. The number of pyridine rings is 1. The van der Waals surface area contributed by atoms with Gasteiger partial charge in [-0.3, -0.25) is 14.0 Å². The second kappa shape index (κ2) is 11.4. The average Bonchev–Trinajstić information content (AvgIpc) is 3.11. The zero-order chi connectivity index (χ0) is 23.9. The van der Waals surface area contributed by atoms with E-state index in [0.29, 0.717) is 0 Å². The fourth-order valence-electron chi connectivity index (χ4n) is 2.61. The molecule has 0 aliphatic carbocycles. The molecule has 0 aliphatic rings. The van der Waals surface area contributed by atoms with Crippen molar-refractivity contribution in [2.45, 2.75) is 25.6 Å². The van der Waals surface area contributed by atoms with Gasteiger partial charge < -0.3 is 9.64 Å². The van der Waals surface area contributed by atoms with Gasteiger partial charge in [-0.15, -0.1) is 0 Å². The fourth-order valence-corrected chi connectivity index (χ4v) is 4.05. The minimum absolute atomic E-state index is 0.0860. The molecule has 0 radical (unpaired) electrons. The Morgan fingerprint density at radius 2 is 2.16 bits per heavy atom. The van der Waals surface area contributed by atoms with Gasteiger partial charge in [0.05, 0.1) is 43.6 Å². The number of rotatable bonds is 10. The minimum atomic E-state index is -4.46. The third-order valence-corrected chi connectivity index (χ3v) is 5.68. The van der Waals surface area contributed by atoms with E-state index in [4.69, 9.17) is 16.3 Å². The maximum Gasteiger partial charge on any atom is 0.390 e. The summed E-state index contributed by atoms with van der Waals surface area (Å²) in [5.74, 6) is -2.37. The highest BCUT2D eigenvalue weighted by atomic mass is 35.5. The van der Waals surface area contributed by atoms with E-state index in [2.05, 4.69) is 15.1 Å². The van der Waals surface area contributed by atoms with Crippen molar-refractivity contribution in [3.8, 4) is 5.69 Å². The second-order valence-corrected chi connectivity index (χ2v) is 8.35. The van der Waals surface area contributed by atoms with E-state index in [-0.39, 0.29) is 23.1 Å². The molecule has 0 spiro atoms. The van der Waals surface area contributed by atoms with Gasteiger partial charge in [-0.1, -0.05) is 11.6 Å². The number of aliphatic imine (C=N–C) groups is 1. The van der Waals surface area contributed by atoms with Crippen LogP contribution in [-0.4, -0.2) is 68.7 Å². The number of likely N-dealkylation sites (N-methyl/N-ethyl adjacent to an activating group) is 1. The van der Waals surface area contributed by atoms with Gasteiger partial charge in [0.2, 0.25) is 0 Å². The average molecular weight is 498 g/mol. The molecule has 0 aromatic carbocycles. The zero-order valence-electron chi connectivity index (χ0n) is 17.1. The van der Waals surface area contributed by atoms with Crippen LogP contribution in [0.4, 0.5) is 23.2 Å². The Balaban J connectivity index is 2.27. The maximum absolute atomic E-state index is 13.5. The van der Waals surface area contributed by atoms with Gasteiger partial charge in [-0.05, 0) is 6.92 Å². The molecule has 0 aliphatic heterocycles. The molecule has 14 heteroatoms. The van der Waals surface area contributed by atoms with E-state index in [1.165, 1.54) is 29.1 Å². The molecule has 2 unspecified atom stereocenters. The Morgan fingerprint density at radius 1 is 1.44 bits per heavy atom. The molecule has 0 saturated carbocycles. The molecule has 0 N–H and O–H groups in total. The summed E-state index contributed by atoms with van der Waals surface area (Å²) in [4.78, 5) is 21.9. The maximum atomic E-state index is 13.5. The lowest BCUT2D eigenvalue weighted by Crippen LogP contribution is -2.41. The Labute approximate surface area is 188 Å². The number of aromatic nitrogens is 3.